The van der Waals surface area contributed by atoms with E-state index < -0.39 is 10.0 Å². The van der Waals surface area contributed by atoms with Gasteiger partial charge in [-0.15, -0.1) is 0 Å². The molecule has 7 nitrogen and oxygen atoms in total. The van der Waals surface area contributed by atoms with Gasteiger partial charge in [-0.1, -0.05) is 24.4 Å². The molecule has 1 saturated carbocycles. The van der Waals surface area contributed by atoms with E-state index in [4.69, 9.17) is 21.1 Å². The second-order valence-electron chi connectivity index (χ2n) is 6.41. The van der Waals surface area contributed by atoms with Crippen LogP contribution in [0.4, 0.5) is 0 Å². The SMILES string of the molecule is COC[C@H](C)NC(=O)COc1ccc(S(=O)(=O)NC2CCCC2)cc1Cl. The highest BCUT2D eigenvalue weighted by molar-refractivity contribution is 7.89. The van der Waals surface area contributed by atoms with Crippen molar-refractivity contribution in [2.45, 2.75) is 49.6 Å². The summed E-state index contributed by atoms with van der Waals surface area (Å²) in [6.07, 6.45) is 3.77. The van der Waals surface area contributed by atoms with Crippen LogP contribution in [-0.2, 0) is 19.6 Å². The molecule has 1 fully saturated rings. The molecule has 146 valence electrons. The van der Waals surface area contributed by atoms with Gasteiger partial charge in [0.05, 0.1) is 16.5 Å². The Balaban J connectivity index is 1.95. The normalized spacial score (nSPS) is 16.4. The predicted molar refractivity (Wildman–Crippen MR) is 99.0 cm³/mol. The van der Waals surface area contributed by atoms with Crippen LogP contribution in [0.1, 0.15) is 32.6 Å². The number of benzene rings is 1. The molecule has 0 heterocycles. The van der Waals surface area contributed by atoms with E-state index in [2.05, 4.69) is 10.0 Å². The van der Waals surface area contributed by atoms with Crippen LogP contribution >= 0.6 is 11.6 Å². The molecule has 0 aromatic heterocycles. The molecule has 0 radical (unpaired) electrons. The van der Waals surface area contributed by atoms with Crippen LogP contribution in [0.25, 0.3) is 0 Å². The molecule has 0 spiro atoms. The minimum Gasteiger partial charge on any atom is -0.482 e. The van der Waals surface area contributed by atoms with Crippen LogP contribution in [-0.4, -0.2) is 46.7 Å². The summed E-state index contributed by atoms with van der Waals surface area (Å²) in [5.74, 6) is -0.0637. The second-order valence-corrected chi connectivity index (χ2v) is 8.53. The number of hydrogen-bond donors (Lipinski definition) is 2. The number of ether oxygens (including phenoxy) is 2. The first-order valence-corrected chi connectivity index (χ1v) is 10.4. The van der Waals surface area contributed by atoms with Gasteiger partial charge < -0.3 is 14.8 Å². The highest BCUT2D eigenvalue weighted by atomic mass is 35.5. The molecule has 2 N–H and O–H groups in total. The van der Waals surface area contributed by atoms with E-state index in [1.807, 2.05) is 6.92 Å². The number of hydrogen-bond acceptors (Lipinski definition) is 5. The Kier molecular flexibility index (Phi) is 7.69. The lowest BCUT2D eigenvalue weighted by atomic mass is 10.3. The topological polar surface area (TPSA) is 93.7 Å². The second kappa shape index (κ2) is 9.55. The van der Waals surface area contributed by atoms with Crippen molar-refractivity contribution >= 4 is 27.5 Å². The summed E-state index contributed by atoms with van der Waals surface area (Å²) in [6.45, 7) is 1.98. The van der Waals surface area contributed by atoms with Crippen molar-refractivity contribution in [3.05, 3.63) is 23.2 Å². The quantitative estimate of drug-likeness (QED) is 0.657. The van der Waals surface area contributed by atoms with Crippen molar-refractivity contribution in [1.82, 2.24) is 10.0 Å². The molecule has 0 aliphatic heterocycles. The lowest BCUT2D eigenvalue weighted by molar-refractivity contribution is -0.124. The van der Waals surface area contributed by atoms with E-state index in [9.17, 15) is 13.2 Å². The maximum absolute atomic E-state index is 12.4. The van der Waals surface area contributed by atoms with Gasteiger partial charge in [-0.2, -0.15) is 0 Å². The number of rotatable bonds is 9. The first kappa shape index (κ1) is 21.0. The molecule has 2 rings (SSSR count). The molecule has 1 aromatic carbocycles. The van der Waals surface area contributed by atoms with Crippen LogP contribution < -0.4 is 14.8 Å². The molecular weight excluding hydrogens is 380 g/mol. The average molecular weight is 405 g/mol. The van der Waals surface area contributed by atoms with Gasteiger partial charge in [-0.25, -0.2) is 13.1 Å². The monoisotopic (exact) mass is 404 g/mol. The Labute approximate surface area is 159 Å². The zero-order valence-corrected chi connectivity index (χ0v) is 16.5. The predicted octanol–water partition coefficient (Wildman–Crippen LogP) is 2.09. The Hall–Kier alpha value is -1.35. The molecule has 0 unspecified atom stereocenters. The van der Waals surface area contributed by atoms with Gasteiger partial charge >= 0.3 is 0 Å². The van der Waals surface area contributed by atoms with Gasteiger partial charge in [0.1, 0.15) is 5.75 Å². The number of halogens is 1. The third kappa shape index (κ3) is 6.12. The van der Waals surface area contributed by atoms with Crippen molar-refractivity contribution in [3.8, 4) is 5.75 Å². The van der Waals surface area contributed by atoms with Gasteiger partial charge in [0.25, 0.3) is 5.91 Å². The molecule has 1 atom stereocenters. The number of carbonyl (C=O) groups is 1. The van der Waals surface area contributed by atoms with Crippen LogP contribution in [0, 0.1) is 0 Å². The number of amides is 1. The first-order valence-electron chi connectivity index (χ1n) is 8.55. The maximum atomic E-state index is 12.4. The summed E-state index contributed by atoms with van der Waals surface area (Å²) in [6, 6.07) is 4.05. The van der Waals surface area contributed by atoms with Crippen LogP contribution in [0.5, 0.6) is 5.75 Å². The third-order valence-corrected chi connectivity index (χ3v) is 5.89. The van der Waals surface area contributed by atoms with Crippen molar-refractivity contribution in [2.75, 3.05) is 20.3 Å². The van der Waals surface area contributed by atoms with Crippen molar-refractivity contribution in [3.63, 3.8) is 0 Å². The highest BCUT2D eigenvalue weighted by Gasteiger charge is 2.23. The first-order chi connectivity index (χ1) is 12.3. The molecule has 1 aliphatic carbocycles. The third-order valence-electron chi connectivity index (χ3n) is 4.07. The molecule has 26 heavy (non-hydrogen) atoms. The molecule has 1 amide bonds. The lowest BCUT2D eigenvalue weighted by Gasteiger charge is -2.15. The van der Waals surface area contributed by atoms with Gasteiger partial charge in [-0.3, -0.25) is 4.79 Å². The molecule has 0 saturated heterocycles. The van der Waals surface area contributed by atoms with Crippen molar-refractivity contribution < 1.29 is 22.7 Å². The summed E-state index contributed by atoms with van der Waals surface area (Å²) in [7, 11) is -2.07. The van der Waals surface area contributed by atoms with E-state index >= 15 is 0 Å². The molecular formula is C17H25ClN2O5S. The summed E-state index contributed by atoms with van der Waals surface area (Å²) in [5, 5.41) is 2.84. The van der Waals surface area contributed by atoms with Crippen molar-refractivity contribution in [2.24, 2.45) is 0 Å². The molecule has 9 heteroatoms. The van der Waals surface area contributed by atoms with E-state index in [1.54, 1.807) is 7.11 Å². The Morgan fingerprint density at radius 3 is 2.65 bits per heavy atom. The fourth-order valence-corrected chi connectivity index (χ4v) is 4.48. The molecule has 0 bridgehead atoms. The summed E-state index contributed by atoms with van der Waals surface area (Å²) in [5.41, 5.74) is 0. The summed E-state index contributed by atoms with van der Waals surface area (Å²) >= 11 is 6.12. The van der Waals surface area contributed by atoms with E-state index in [0.29, 0.717) is 6.61 Å². The zero-order valence-electron chi connectivity index (χ0n) is 15.0. The fourth-order valence-electron chi connectivity index (χ4n) is 2.85. The zero-order chi connectivity index (χ0) is 19.2. The number of carbonyl (C=O) groups excluding carboxylic acids is 1. The minimum atomic E-state index is -3.62. The fraction of sp³-hybridized carbons (Fsp3) is 0.588. The average Bonchev–Trinajstić information content (AvgIpc) is 3.06. The lowest BCUT2D eigenvalue weighted by Crippen LogP contribution is -2.38. The highest BCUT2D eigenvalue weighted by Crippen LogP contribution is 2.28. The Morgan fingerprint density at radius 2 is 2.04 bits per heavy atom. The molecule has 1 aliphatic rings. The van der Waals surface area contributed by atoms with E-state index in [-0.39, 0.29) is 40.3 Å². The number of sulfonamides is 1. The smallest absolute Gasteiger partial charge is 0.258 e. The number of nitrogens with one attached hydrogen (secondary N) is 2. The van der Waals surface area contributed by atoms with Crippen molar-refractivity contribution in [1.29, 1.82) is 0 Å². The van der Waals surface area contributed by atoms with Gasteiger partial charge in [0.15, 0.2) is 6.61 Å². The van der Waals surface area contributed by atoms with Gasteiger partial charge in [0.2, 0.25) is 10.0 Å². The number of methoxy groups -OCH3 is 1. The van der Waals surface area contributed by atoms with E-state index in [1.165, 1.54) is 18.2 Å². The standard InChI is InChI=1S/C17H25ClN2O5S/c1-12(10-24-2)19-17(21)11-25-16-8-7-14(9-15(16)18)26(22,23)20-13-5-3-4-6-13/h7-9,12-13,20H,3-6,10-11H2,1-2H3,(H,19,21)/t12-/m0/s1. The van der Waals surface area contributed by atoms with Crippen LogP contribution in [0.15, 0.2) is 23.1 Å². The largest absolute Gasteiger partial charge is 0.482 e. The van der Waals surface area contributed by atoms with Gasteiger partial charge in [-0.05, 0) is 38.0 Å². The minimum absolute atomic E-state index is 0.0208. The summed E-state index contributed by atoms with van der Waals surface area (Å²) in [4.78, 5) is 11.9. The van der Waals surface area contributed by atoms with E-state index in [0.717, 1.165) is 25.7 Å². The Morgan fingerprint density at radius 1 is 1.35 bits per heavy atom. The maximum Gasteiger partial charge on any atom is 0.258 e. The Bertz CT molecular complexity index is 720. The summed E-state index contributed by atoms with van der Waals surface area (Å²) < 4.78 is 37.8. The van der Waals surface area contributed by atoms with Crippen LogP contribution in [0.2, 0.25) is 5.02 Å². The van der Waals surface area contributed by atoms with Crippen LogP contribution in [0.3, 0.4) is 0 Å². The molecule has 1 aromatic rings. The van der Waals surface area contributed by atoms with Gasteiger partial charge in [0, 0.05) is 19.2 Å².